The summed E-state index contributed by atoms with van der Waals surface area (Å²) < 4.78 is 0. The molecule has 0 radical (unpaired) electrons. The minimum absolute atomic E-state index is 0.0269. The van der Waals surface area contributed by atoms with E-state index in [1.54, 1.807) is 36.7 Å². The lowest BCUT2D eigenvalue weighted by atomic mass is 10.1. The van der Waals surface area contributed by atoms with Gasteiger partial charge in [0, 0.05) is 18.8 Å². The summed E-state index contributed by atoms with van der Waals surface area (Å²) in [5.74, 6) is -1.23. The Kier molecular flexibility index (Phi) is 5.99. The minimum atomic E-state index is -0.814. The highest BCUT2D eigenvalue weighted by molar-refractivity contribution is 7.13. The number of benzene rings is 1. The zero-order chi connectivity index (χ0) is 20.1. The van der Waals surface area contributed by atoms with Gasteiger partial charge < -0.3 is 21.3 Å². The summed E-state index contributed by atoms with van der Waals surface area (Å²) >= 11 is 1.22. The standard InChI is InChI=1S/C18H19N5O4S/c1-19-15(25)8-10-9-28-18(20-10)23-14(24)7-6-13-17(27)21-12-5-3-2-4-11(12)16(26)22-13/h2-5,9,13H,6-8H2,1H3,(H,19,25)(H,21,27)(H,22,26)(H,20,23,24)/t13-/m1/s1. The van der Waals surface area contributed by atoms with E-state index in [0.717, 1.165) is 0 Å². The number of anilines is 2. The molecule has 2 aromatic rings. The van der Waals surface area contributed by atoms with Crippen LogP contribution in [0, 0.1) is 0 Å². The second-order valence-corrected chi connectivity index (χ2v) is 7.00. The molecule has 1 aliphatic heterocycles. The Morgan fingerprint density at radius 1 is 1.21 bits per heavy atom. The highest BCUT2D eigenvalue weighted by Gasteiger charge is 2.27. The number of nitrogens with one attached hydrogen (secondary N) is 4. The Balaban J connectivity index is 1.54. The molecule has 1 aliphatic rings. The number of thiazole rings is 1. The molecule has 1 atom stereocenters. The van der Waals surface area contributed by atoms with E-state index < -0.39 is 6.04 Å². The molecule has 4 N–H and O–H groups in total. The molecule has 9 nitrogen and oxygen atoms in total. The van der Waals surface area contributed by atoms with Crippen LogP contribution < -0.4 is 21.3 Å². The van der Waals surface area contributed by atoms with E-state index in [-0.39, 0.29) is 42.9 Å². The quantitative estimate of drug-likeness (QED) is 0.572. The molecule has 0 unspecified atom stereocenters. The smallest absolute Gasteiger partial charge is 0.254 e. The van der Waals surface area contributed by atoms with Crippen molar-refractivity contribution in [1.82, 2.24) is 15.6 Å². The van der Waals surface area contributed by atoms with E-state index in [1.165, 1.54) is 11.3 Å². The fourth-order valence-corrected chi connectivity index (χ4v) is 3.40. The minimum Gasteiger partial charge on any atom is -0.359 e. The van der Waals surface area contributed by atoms with Crippen molar-refractivity contribution in [2.45, 2.75) is 25.3 Å². The van der Waals surface area contributed by atoms with Gasteiger partial charge in [-0.25, -0.2) is 4.98 Å². The van der Waals surface area contributed by atoms with Gasteiger partial charge in [0.1, 0.15) is 6.04 Å². The van der Waals surface area contributed by atoms with Gasteiger partial charge in [0.15, 0.2) is 5.13 Å². The predicted octanol–water partition coefficient (Wildman–Crippen LogP) is 0.901. The van der Waals surface area contributed by atoms with Crippen LogP contribution in [0.5, 0.6) is 0 Å². The topological polar surface area (TPSA) is 129 Å². The van der Waals surface area contributed by atoms with Crippen LogP contribution in [0.15, 0.2) is 29.6 Å². The van der Waals surface area contributed by atoms with Gasteiger partial charge in [0.05, 0.1) is 23.4 Å². The van der Waals surface area contributed by atoms with E-state index in [9.17, 15) is 19.2 Å². The van der Waals surface area contributed by atoms with Crippen molar-refractivity contribution >= 4 is 45.8 Å². The van der Waals surface area contributed by atoms with Crippen LogP contribution in [0.1, 0.15) is 28.9 Å². The molecular formula is C18H19N5O4S. The fraction of sp³-hybridized carbons (Fsp3) is 0.278. The van der Waals surface area contributed by atoms with Gasteiger partial charge in [-0.05, 0) is 18.6 Å². The van der Waals surface area contributed by atoms with Crippen molar-refractivity contribution in [3.05, 3.63) is 40.9 Å². The molecule has 4 amide bonds. The summed E-state index contributed by atoms with van der Waals surface area (Å²) in [6.07, 6.45) is 0.310. The number of carbonyl (C=O) groups excluding carboxylic acids is 4. The first kappa shape index (κ1) is 19.5. The maximum absolute atomic E-state index is 12.3. The molecule has 0 aliphatic carbocycles. The average Bonchev–Trinajstić information content (AvgIpc) is 3.06. The summed E-state index contributed by atoms with van der Waals surface area (Å²) in [5, 5.41) is 12.6. The fourth-order valence-electron chi connectivity index (χ4n) is 2.67. The molecular weight excluding hydrogens is 382 g/mol. The van der Waals surface area contributed by atoms with Crippen LogP contribution in [0.25, 0.3) is 0 Å². The van der Waals surface area contributed by atoms with Gasteiger partial charge in [-0.1, -0.05) is 12.1 Å². The van der Waals surface area contributed by atoms with Gasteiger partial charge in [0.25, 0.3) is 5.91 Å². The third-order valence-corrected chi connectivity index (χ3v) is 4.94. The molecule has 0 bridgehead atoms. The summed E-state index contributed by atoms with van der Waals surface area (Å²) in [4.78, 5) is 52.3. The lowest BCUT2D eigenvalue weighted by Gasteiger charge is -2.13. The lowest BCUT2D eigenvalue weighted by Crippen LogP contribution is -2.41. The second kappa shape index (κ2) is 8.61. The summed E-state index contributed by atoms with van der Waals surface area (Å²) in [5.41, 5.74) is 1.39. The van der Waals surface area contributed by atoms with E-state index >= 15 is 0 Å². The van der Waals surface area contributed by atoms with Crippen LogP contribution in [0.4, 0.5) is 10.8 Å². The van der Waals surface area contributed by atoms with E-state index in [2.05, 4.69) is 26.3 Å². The number of rotatable bonds is 6. The molecule has 0 fully saturated rings. The number of fused-ring (bicyclic) bond motifs is 1. The van der Waals surface area contributed by atoms with Gasteiger partial charge in [-0.2, -0.15) is 0 Å². The van der Waals surface area contributed by atoms with Crippen LogP contribution in [0.3, 0.4) is 0 Å². The highest BCUT2D eigenvalue weighted by atomic mass is 32.1. The molecule has 10 heteroatoms. The SMILES string of the molecule is CNC(=O)Cc1csc(NC(=O)CC[C@H]2NC(=O)c3ccccc3NC2=O)n1. The Hall–Kier alpha value is -3.27. The van der Waals surface area contributed by atoms with Gasteiger partial charge in [-0.15, -0.1) is 11.3 Å². The van der Waals surface area contributed by atoms with Crippen molar-refractivity contribution < 1.29 is 19.2 Å². The van der Waals surface area contributed by atoms with Crippen molar-refractivity contribution in [3.63, 3.8) is 0 Å². The first-order valence-electron chi connectivity index (χ1n) is 8.62. The van der Waals surface area contributed by atoms with Crippen LogP contribution in [-0.4, -0.2) is 41.7 Å². The number of aromatic nitrogens is 1. The Labute approximate surface area is 164 Å². The van der Waals surface area contributed by atoms with Gasteiger partial charge >= 0.3 is 0 Å². The maximum Gasteiger partial charge on any atom is 0.254 e. The average molecular weight is 401 g/mol. The van der Waals surface area contributed by atoms with Crippen molar-refractivity contribution in [3.8, 4) is 0 Å². The van der Waals surface area contributed by atoms with Crippen LogP contribution >= 0.6 is 11.3 Å². The van der Waals surface area contributed by atoms with Crippen molar-refractivity contribution in [2.24, 2.45) is 0 Å². The van der Waals surface area contributed by atoms with E-state index in [0.29, 0.717) is 22.1 Å². The van der Waals surface area contributed by atoms with Crippen molar-refractivity contribution in [1.29, 1.82) is 0 Å². The van der Waals surface area contributed by atoms with Gasteiger partial charge in [0.2, 0.25) is 17.7 Å². The Bertz CT molecular complexity index is 926. The molecule has 28 heavy (non-hydrogen) atoms. The highest BCUT2D eigenvalue weighted by Crippen LogP contribution is 2.20. The number of amides is 4. The molecule has 0 saturated heterocycles. The van der Waals surface area contributed by atoms with Gasteiger partial charge in [-0.3, -0.25) is 19.2 Å². The first-order valence-corrected chi connectivity index (χ1v) is 9.50. The Morgan fingerprint density at radius 2 is 2.00 bits per heavy atom. The third-order valence-electron chi connectivity index (χ3n) is 4.13. The molecule has 3 rings (SSSR count). The summed E-state index contributed by atoms with van der Waals surface area (Å²) in [7, 11) is 1.54. The summed E-state index contributed by atoms with van der Waals surface area (Å²) in [6, 6.07) is 5.91. The van der Waals surface area contributed by atoms with E-state index in [1.807, 2.05) is 0 Å². The summed E-state index contributed by atoms with van der Waals surface area (Å²) in [6.45, 7) is 0. The Morgan fingerprint density at radius 3 is 2.79 bits per heavy atom. The predicted molar refractivity (Wildman–Crippen MR) is 104 cm³/mol. The second-order valence-electron chi connectivity index (χ2n) is 6.14. The molecule has 0 saturated carbocycles. The molecule has 0 spiro atoms. The molecule has 2 heterocycles. The van der Waals surface area contributed by atoms with Crippen LogP contribution in [0.2, 0.25) is 0 Å². The third kappa shape index (κ3) is 4.71. The number of carbonyl (C=O) groups is 4. The molecule has 146 valence electrons. The van der Waals surface area contributed by atoms with Crippen molar-refractivity contribution in [2.75, 3.05) is 17.7 Å². The lowest BCUT2D eigenvalue weighted by molar-refractivity contribution is -0.120. The number of likely N-dealkylation sites (N-methyl/N-ethyl adjacent to an activating group) is 1. The zero-order valence-corrected chi connectivity index (χ0v) is 15.9. The number of para-hydroxylation sites is 1. The molecule has 1 aromatic heterocycles. The molecule has 1 aromatic carbocycles. The van der Waals surface area contributed by atoms with Crippen LogP contribution in [-0.2, 0) is 20.8 Å². The monoisotopic (exact) mass is 401 g/mol. The maximum atomic E-state index is 12.3. The number of hydrogen-bond acceptors (Lipinski definition) is 6. The normalized spacial score (nSPS) is 15.7. The first-order chi connectivity index (χ1) is 13.5. The zero-order valence-electron chi connectivity index (χ0n) is 15.1. The van der Waals surface area contributed by atoms with E-state index in [4.69, 9.17) is 0 Å². The largest absolute Gasteiger partial charge is 0.359 e. The number of nitrogens with zero attached hydrogens (tertiary/aromatic N) is 1. The number of hydrogen-bond donors (Lipinski definition) is 4.